The van der Waals surface area contributed by atoms with Gasteiger partial charge in [-0.25, -0.2) is 4.39 Å². The van der Waals surface area contributed by atoms with Crippen LogP contribution in [0.5, 0.6) is 5.75 Å². The predicted octanol–water partition coefficient (Wildman–Crippen LogP) is 2.59. The zero-order valence-electron chi connectivity index (χ0n) is 17.0. The molecule has 0 radical (unpaired) electrons. The maximum Gasteiger partial charge on any atom is 0.233 e. The number of allylic oxidation sites excluding steroid dienone is 6. The number of likely N-dealkylation sites (tertiary alicyclic amines) is 1. The lowest BCUT2D eigenvalue weighted by atomic mass is 9.59. The van der Waals surface area contributed by atoms with E-state index in [0.717, 1.165) is 11.0 Å². The molecule has 4 atom stereocenters. The maximum atomic E-state index is 14.3. The van der Waals surface area contributed by atoms with E-state index in [1.54, 1.807) is 6.92 Å². The van der Waals surface area contributed by atoms with E-state index in [1.165, 1.54) is 25.3 Å². The van der Waals surface area contributed by atoms with Crippen molar-refractivity contribution >= 4 is 23.4 Å². The first kappa shape index (κ1) is 19.6. The van der Waals surface area contributed by atoms with Crippen LogP contribution in [0.1, 0.15) is 31.2 Å². The van der Waals surface area contributed by atoms with E-state index in [2.05, 4.69) is 0 Å². The number of phenols is 1. The molecule has 6 nitrogen and oxygen atoms in total. The summed E-state index contributed by atoms with van der Waals surface area (Å²) in [6, 6.07) is 4.09. The van der Waals surface area contributed by atoms with Gasteiger partial charge in [-0.1, -0.05) is 23.8 Å². The quantitative estimate of drug-likeness (QED) is 0.428. The van der Waals surface area contributed by atoms with Gasteiger partial charge in [0.25, 0.3) is 0 Å². The minimum atomic E-state index is -0.848. The normalized spacial score (nSPS) is 30.1. The number of phenolic OH excluding ortho intramolecular Hbond substituents is 1. The van der Waals surface area contributed by atoms with Gasteiger partial charge in [-0.3, -0.25) is 24.1 Å². The number of halogens is 1. The molecule has 1 fully saturated rings. The van der Waals surface area contributed by atoms with Crippen LogP contribution in [-0.2, 0) is 19.2 Å². The van der Waals surface area contributed by atoms with Gasteiger partial charge in [0.05, 0.1) is 11.8 Å². The third kappa shape index (κ3) is 2.55. The average molecular weight is 421 g/mol. The zero-order valence-corrected chi connectivity index (χ0v) is 17.0. The molecule has 0 spiro atoms. The van der Waals surface area contributed by atoms with Crippen molar-refractivity contribution in [3.05, 3.63) is 64.0 Å². The number of hydrogen-bond donors (Lipinski definition) is 1. The van der Waals surface area contributed by atoms with Gasteiger partial charge in [0.2, 0.25) is 11.8 Å². The lowest BCUT2D eigenvalue weighted by molar-refractivity contribution is -0.138. The lowest BCUT2D eigenvalue weighted by Gasteiger charge is -2.42. The van der Waals surface area contributed by atoms with Gasteiger partial charge in [0.1, 0.15) is 0 Å². The first-order valence-corrected chi connectivity index (χ1v) is 10.2. The first-order valence-electron chi connectivity index (χ1n) is 10.2. The second kappa shape index (κ2) is 6.57. The molecule has 2 amide bonds. The van der Waals surface area contributed by atoms with Gasteiger partial charge in [-0.15, -0.1) is 0 Å². The van der Waals surface area contributed by atoms with Gasteiger partial charge in [-0.2, -0.15) is 0 Å². The second-order valence-corrected chi connectivity index (χ2v) is 8.64. The Morgan fingerprint density at radius 3 is 2.58 bits per heavy atom. The Labute approximate surface area is 177 Å². The smallest absolute Gasteiger partial charge is 0.233 e. The van der Waals surface area contributed by atoms with Crippen molar-refractivity contribution in [1.29, 1.82) is 0 Å². The molecule has 1 N–H and O–H groups in total. The molecule has 4 aliphatic rings. The molecule has 31 heavy (non-hydrogen) atoms. The average Bonchev–Trinajstić information content (AvgIpc) is 2.97. The van der Waals surface area contributed by atoms with Crippen LogP contribution in [0.3, 0.4) is 0 Å². The van der Waals surface area contributed by atoms with E-state index in [0.29, 0.717) is 12.0 Å². The molecule has 0 unspecified atom stereocenters. The summed E-state index contributed by atoms with van der Waals surface area (Å²) in [5.41, 5.74) is 1.67. The molecule has 3 aliphatic carbocycles. The Hall–Kier alpha value is -3.35. The SMILES string of the molecule is CC1=CC(=O)C2=C(C1=O)[C@@H](c1cccc(F)c1O)C1=CC[C@@H]3C(=O)N(C)C(=O)[C@@H]3[C@@H]1C2. The summed E-state index contributed by atoms with van der Waals surface area (Å²) in [4.78, 5) is 52.6. The van der Waals surface area contributed by atoms with Gasteiger partial charge in [0.15, 0.2) is 23.1 Å². The number of carbonyl (C=O) groups is 4. The number of Topliss-reactive ketones (excluding diaryl/α,β-unsaturated/α-hetero) is 1. The number of para-hydroxylation sites is 1. The van der Waals surface area contributed by atoms with Crippen LogP contribution in [0.15, 0.2) is 52.6 Å². The fourth-order valence-corrected chi connectivity index (χ4v) is 5.64. The minimum Gasteiger partial charge on any atom is -0.505 e. The summed E-state index contributed by atoms with van der Waals surface area (Å²) >= 11 is 0. The number of amides is 2. The molecule has 5 rings (SSSR count). The number of ketones is 2. The molecule has 0 aromatic heterocycles. The fourth-order valence-electron chi connectivity index (χ4n) is 5.64. The molecule has 1 aromatic carbocycles. The highest BCUT2D eigenvalue weighted by atomic mass is 19.1. The molecular formula is C24H20FNO5. The van der Waals surface area contributed by atoms with Crippen LogP contribution >= 0.6 is 0 Å². The van der Waals surface area contributed by atoms with Crippen molar-refractivity contribution in [2.24, 2.45) is 17.8 Å². The summed E-state index contributed by atoms with van der Waals surface area (Å²) in [7, 11) is 1.45. The monoisotopic (exact) mass is 421 g/mol. The minimum absolute atomic E-state index is 0.163. The highest BCUT2D eigenvalue weighted by Gasteiger charge is 2.55. The number of rotatable bonds is 1. The highest BCUT2D eigenvalue weighted by Crippen LogP contribution is 2.56. The summed E-state index contributed by atoms with van der Waals surface area (Å²) < 4.78 is 14.3. The van der Waals surface area contributed by atoms with Crippen molar-refractivity contribution < 1.29 is 28.7 Å². The molecule has 0 saturated carbocycles. The standard InChI is InChI=1S/C24H20FNO5/c1-10-8-17(27)15-9-14-11(6-7-13-19(14)24(31)26(2)23(13)30)18(20(15)21(10)28)12-4-3-5-16(25)22(12)29/h3-6,8,13-14,18-19,29H,7,9H2,1-2H3/t13-,14+,18+,19-/m0/s1. The number of benzene rings is 1. The predicted molar refractivity (Wildman–Crippen MR) is 107 cm³/mol. The Balaban J connectivity index is 1.75. The number of aromatic hydroxyl groups is 1. The van der Waals surface area contributed by atoms with Crippen molar-refractivity contribution in [2.75, 3.05) is 7.05 Å². The Bertz CT molecular complexity index is 1190. The van der Waals surface area contributed by atoms with Gasteiger partial charge >= 0.3 is 0 Å². The van der Waals surface area contributed by atoms with Crippen molar-refractivity contribution in [1.82, 2.24) is 4.90 Å². The molecule has 158 valence electrons. The largest absolute Gasteiger partial charge is 0.505 e. The fraction of sp³-hybridized carbons (Fsp3) is 0.333. The third-order valence-electron chi connectivity index (χ3n) is 7.11. The van der Waals surface area contributed by atoms with Crippen molar-refractivity contribution in [3.63, 3.8) is 0 Å². The number of nitrogens with zero attached hydrogens (tertiary/aromatic N) is 1. The zero-order chi connectivity index (χ0) is 22.2. The summed E-state index contributed by atoms with van der Waals surface area (Å²) in [6.45, 7) is 1.55. The second-order valence-electron chi connectivity index (χ2n) is 8.64. The van der Waals surface area contributed by atoms with E-state index in [-0.39, 0.29) is 52.1 Å². The summed E-state index contributed by atoms with van der Waals surface area (Å²) in [5, 5.41) is 10.5. The number of fused-ring (bicyclic) bond motifs is 3. The van der Waals surface area contributed by atoms with E-state index in [4.69, 9.17) is 0 Å². The molecular weight excluding hydrogens is 401 g/mol. The Kier molecular flexibility index (Phi) is 4.16. The maximum absolute atomic E-state index is 14.3. The van der Waals surface area contributed by atoms with Crippen LogP contribution in [0.4, 0.5) is 4.39 Å². The van der Waals surface area contributed by atoms with Gasteiger partial charge < -0.3 is 5.11 Å². The van der Waals surface area contributed by atoms with Crippen LogP contribution in [0.2, 0.25) is 0 Å². The lowest BCUT2D eigenvalue weighted by Crippen LogP contribution is -2.39. The van der Waals surface area contributed by atoms with Gasteiger partial charge in [-0.05, 0) is 37.8 Å². The molecule has 1 aliphatic heterocycles. The molecule has 0 bridgehead atoms. The van der Waals surface area contributed by atoms with Crippen LogP contribution in [0, 0.1) is 23.6 Å². The molecule has 1 saturated heterocycles. The first-order chi connectivity index (χ1) is 14.7. The summed E-state index contributed by atoms with van der Waals surface area (Å²) in [6.07, 6.45) is 3.60. The number of hydrogen-bond acceptors (Lipinski definition) is 5. The van der Waals surface area contributed by atoms with Crippen LogP contribution < -0.4 is 0 Å². The van der Waals surface area contributed by atoms with E-state index < -0.39 is 35.2 Å². The third-order valence-corrected chi connectivity index (χ3v) is 7.11. The van der Waals surface area contributed by atoms with Crippen molar-refractivity contribution in [2.45, 2.75) is 25.7 Å². The van der Waals surface area contributed by atoms with E-state index >= 15 is 0 Å². The Morgan fingerprint density at radius 1 is 1.10 bits per heavy atom. The van der Waals surface area contributed by atoms with E-state index in [9.17, 15) is 28.7 Å². The van der Waals surface area contributed by atoms with Gasteiger partial charge in [0, 0.05) is 35.2 Å². The molecule has 1 aromatic rings. The number of carbonyl (C=O) groups excluding carboxylic acids is 4. The van der Waals surface area contributed by atoms with Crippen LogP contribution in [-0.4, -0.2) is 40.4 Å². The van der Waals surface area contributed by atoms with E-state index in [1.807, 2.05) is 6.08 Å². The highest BCUT2D eigenvalue weighted by molar-refractivity contribution is 6.23. The molecule has 1 heterocycles. The molecule has 7 heteroatoms. The summed E-state index contributed by atoms with van der Waals surface area (Å²) in [5.74, 6) is -5.09. The topological polar surface area (TPSA) is 91.8 Å². The Morgan fingerprint density at radius 2 is 1.84 bits per heavy atom. The van der Waals surface area contributed by atoms with Crippen molar-refractivity contribution in [3.8, 4) is 5.75 Å². The van der Waals surface area contributed by atoms with Crippen LogP contribution in [0.25, 0.3) is 0 Å². The number of imide groups is 1.